The topological polar surface area (TPSA) is 66.5 Å². The molecular weight excluding hydrogens is 384 g/mol. The molecule has 0 saturated carbocycles. The highest BCUT2D eigenvalue weighted by Gasteiger charge is 2.21. The SMILES string of the molecule is Cc1ccc(N(CC(=O)NCCCc2ccc(C(C)C)cc2)S(C)(=O)=O)cc1C. The van der Waals surface area contributed by atoms with Gasteiger partial charge < -0.3 is 5.32 Å². The number of sulfonamides is 1. The highest BCUT2D eigenvalue weighted by Crippen LogP contribution is 2.21. The van der Waals surface area contributed by atoms with Gasteiger partial charge in [0.1, 0.15) is 6.54 Å². The largest absolute Gasteiger partial charge is 0.355 e. The van der Waals surface area contributed by atoms with E-state index in [-0.39, 0.29) is 12.5 Å². The van der Waals surface area contributed by atoms with Gasteiger partial charge in [0.05, 0.1) is 11.9 Å². The van der Waals surface area contributed by atoms with Crippen LogP contribution in [0.2, 0.25) is 0 Å². The molecule has 0 saturated heterocycles. The second-order valence-electron chi connectivity index (χ2n) is 7.89. The van der Waals surface area contributed by atoms with Crippen LogP contribution in [-0.4, -0.2) is 33.7 Å². The minimum Gasteiger partial charge on any atom is -0.355 e. The zero-order valence-corrected chi connectivity index (χ0v) is 18.8. The van der Waals surface area contributed by atoms with Crippen LogP contribution < -0.4 is 9.62 Å². The Morgan fingerprint density at radius 1 is 1.03 bits per heavy atom. The first-order valence-corrected chi connectivity index (χ1v) is 11.8. The Bertz CT molecular complexity index is 935. The minimum atomic E-state index is -3.55. The van der Waals surface area contributed by atoms with Gasteiger partial charge in [-0.3, -0.25) is 9.10 Å². The van der Waals surface area contributed by atoms with Crippen LogP contribution in [0.1, 0.15) is 48.4 Å². The molecule has 0 spiro atoms. The molecule has 6 heteroatoms. The van der Waals surface area contributed by atoms with E-state index in [1.165, 1.54) is 11.1 Å². The summed E-state index contributed by atoms with van der Waals surface area (Å²) in [4.78, 5) is 12.3. The number of benzene rings is 2. The van der Waals surface area contributed by atoms with E-state index in [2.05, 4.69) is 43.4 Å². The summed E-state index contributed by atoms with van der Waals surface area (Å²) < 4.78 is 25.6. The van der Waals surface area contributed by atoms with E-state index >= 15 is 0 Å². The number of aryl methyl sites for hydroxylation is 3. The van der Waals surface area contributed by atoms with Crippen molar-refractivity contribution in [3.63, 3.8) is 0 Å². The summed E-state index contributed by atoms with van der Waals surface area (Å²) in [5.41, 5.74) is 5.12. The Labute approximate surface area is 175 Å². The van der Waals surface area contributed by atoms with E-state index in [1.54, 1.807) is 12.1 Å². The van der Waals surface area contributed by atoms with Crippen LogP contribution in [0.3, 0.4) is 0 Å². The Morgan fingerprint density at radius 2 is 1.69 bits per heavy atom. The first-order valence-electron chi connectivity index (χ1n) is 9.98. The lowest BCUT2D eigenvalue weighted by atomic mass is 10.0. The van der Waals surface area contributed by atoms with Gasteiger partial charge in [0, 0.05) is 6.54 Å². The van der Waals surface area contributed by atoms with Crippen LogP contribution in [0.25, 0.3) is 0 Å². The molecule has 0 aliphatic carbocycles. The van der Waals surface area contributed by atoms with Gasteiger partial charge in [-0.2, -0.15) is 0 Å². The van der Waals surface area contributed by atoms with Crippen molar-refractivity contribution in [2.75, 3.05) is 23.7 Å². The van der Waals surface area contributed by atoms with Crippen molar-refractivity contribution in [3.05, 3.63) is 64.7 Å². The predicted molar refractivity (Wildman–Crippen MR) is 120 cm³/mol. The number of amides is 1. The molecule has 0 atom stereocenters. The van der Waals surface area contributed by atoms with E-state index in [0.717, 1.165) is 34.5 Å². The first-order chi connectivity index (χ1) is 13.6. The van der Waals surface area contributed by atoms with Gasteiger partial charge in [0.2, 0.25) is 15.9 Å². The quantitative estimate of drug-likeness (QED) is 0.630. The fraction of sp³-hybridized carbons (Fsp3) is 0.435. The number of carbonyl (C=O) groups is 1. The zero-order chi connectivity index (χ0) is 21.6. The molecule has 0 bridgehead atoms. The highest BCUT2D eigenvalue weighted by molar-refractivity contribution is 7.92. The van der Waals surface area contributed by atoms with Gasteiger partial charge in [-0.1, -0.05) is 44.2 Å². The highest BCUT2D eigenvalue weighted by atomic mass is 32.2. The summed E-state index contributed by atoms with van der Waals surface area (Å²) in [6, 6.07) is 13.9. The van der Waals surface area contributed by atoms with Crippen molar-refractivity contribution in [1.82, 2.24) is 5.32 Å². The smallest absolute Gasteiger partial charge is 0.240 e. The number of anilines is 1. The van der Waals surface area contributed by atoms with E-state index < -0.39 is 10.0 Å². The van der Waals surface area contributed by atoms with E-state index in [0.29, 0.717) is 18.2 Å². The normalized spacial score (nSPS) is 11.5. The van der Waals surface area contributed by atoms with Crippen molar-refractivity contribution in [2.24, 2.45) is 0 Å². The summed E-state index contributed by atoms with van der Waals surface area (Å²) in [7, 11) is -3.55. The second-order valence-corrected chi connectivity index (χ2v) is 9.79. The van der Waals surface area contributed by atoms with Gasteiger partial charge in [-0.05, 0) is 67.0 Å². The van der Waals surface area contributed by atoms with E-state index in [4.69, 9.17) is 0 Å². The molecule has 158 valence electrons. The molecule has 0 heterocycles. The summed E-state index contributed by atoms with van der Waals surface area (Å²) in [6.07, 6.45) is 2.79. The number of hydrogen-bond acceptors (Lipinski definition) is 3. The monoisotopic (exact) mass is 416 g/mol. The lowest BCUT2D eigenvalue weighted by Gasteiger charge is -2.22. The number of nitrogens with zero attached hydrogens (tertiary/aromatic N) is 1. The molecule has 5 nitrogen and oxygen atoms in total. The summed E-state index contributed by atoms with van der Waals surface area (Å²) in [5, 5.41) is 2.84. The second kappa shape index (κ2) is 9.92. The van der Waals surface area contributed by atoms with Gasteiger partial charge in [0.25, 0.3) is 0 Å². The first kappa shape index (κ1) is 22.9. The molecule has 0 unspecified atom stereocenters. The maximum absolute atomic E-state index is 12.3. The molecule has 1 amide bonds. The molecule has 0 aromatic heterocycles. The molecule has 2 aromatic rings. The van der Waals surface area contributed by atoms with Crippen LogP contribution in [0.15, 0.2) is 42.5 Å². The van der Waals surface area contributed by atoms with Crippen LogP contribution in [0.4, 0.5) is 5.69 Å². The van der Waals surface area contributed by atoms with Crippen LogP contribution >= 0.6 is 0 Å². The van der Waals surface area contributed by atoms with Crippen LogP contribution in [0.5, 0.6) is 0 Å². The van der Waals surface area contributed by atoms with Gasteiger partial charge in [0.15, 0.2) is 0 Å². The minimum absolute atomic E-state index is 0.218. The molecular formula is C23H32N2O3S. The third-order valence-corrected chi connectivity index (χ3v) is 6.22. The third kappa shape index (κ3) is 6.89. The van der Waals surface area contributed by atoms with Crippen LogP contribution in [-0.2, 0) is 21.2 Å². The van der Waals surface area contributed by atoms with Crippen molar-refractivity contribution < 1.29 is 13.2 Å². The van der Waals surface area contributed by atoms with Gasteiger partial charge in [-0.25, -0.2) is 8.42 Å². The maximum atomic E-state index is 12.3. The number of hydrogen-bond donors (Lipinski definition) is 1. The Kier molecular flexibility index (Phi) is 7.85. The third-order valence-electron chi connectivity index (χ3n) is 5.08. The maximum Gasteiger partial charge on any atom is 0.240 e. The van der Waals surface area contributed by atoms with E-state index in [1.807, 2.05) is 19.9 Å². The fourth-order valence-corrected chi connectivity index (χ4v) is 3.90. The summed E-state index contributed by atoms with van der Waals surface area (Å²) >= 11 is 0. The van der Waals surface area contributed by atoms with Gasteiger partial charge >= 0.3 is 0 Å². The molecule has 0 aliphatic rings. The van der Waals surface area contributed by atoms with Gasteiger partial charge in [-0.15, -0.1) is 0 Å². The molecule has 0 fully saturated rings. The fourth-order valence-electron chi connectivity index (χ4n) is 3.06. The lowest BCUT2D eigenvalue weighted by Crippen LogP contribution is -2.40. The summed E-state index contributed by atoms with van der Waals surface area (Å²) in [5.74, 6) is 0.210. The molecule has 2 aromatic carbocycles. The summed E-state index contributed by atoms with van der Waals surface area (Å²) in [6.45, 7) is 8.52. The van der Waals surface area contributed by atoms with Crippen molar-refractivity contribution in [3.8, 4) is 0 Å². The Morgan fingerprint density at radius 3 is 2.24 bits per heavy atom. The van der Waals surface area contributed by atoms with E-state index in [9.17, 15) is 13.2 Å². The number of rotatable bonds is 9. The average molecular weight is 417 g/mol. The van der Waals surface area contributed by atoms with Crippen molar-refractivity contribution in [2.45, 2.75) is 46.5 Å². The zero-order valence-electron chi connectivity index (χ0n) is 18.0. The van der Waals surface area contributed by atoms with Crippen molar-refractivity contribution >= 4 is 21.6 Å². The molecule has 29 heavy (non-hydrogen) atoms. The lowest BCUT2D eigenvalue weighted by molar-refractivity contribution is -0.119. The van der Waals surface area contributed by atoms with Crippen LogP contribution in [0, 0.1) is 13.8 Å². The average Bonchev–Trinajstić information content (AvgIpc) is 2.65. The number of nitrogens with one attached hydrogen (secondary N) is 1. The molecule has 1 N–H and O–H groups in total. The standard InChI is InChI=1S/C23H32N2O3S/c1-17(2)21-11-9-20(10-12-21)7-6-14-24-23(26)16-25(29(5,27)28)22-13-8-18(3)19(4)15-22/h8-13,15,17H,6-7,14,16H2,1-5H3,(H,24,26). The molecule has 2 rings (SSSR count). The Balaban J connectivity index is 1.89. The number of carbonyl (C=O) groups excluding carboxylic acids is 1. The Hall–Kier alpha value is -2.34. The molecule has 0 aliphatic heterocycles. The predicted octanol–water partition coefficient (Wildman–Crippen LogP) is 3.94. The molecule has 0 radical (unpaired) electrons. The van der Waals surface area contributed by atoms with Crippen molar-refractivity contribution in [1.29, 1.82) is 0 Å².